The second-order valence-electron chi connectivity index (χ2n) is 5.66. The number of hydrogen-bond donors (Lipinski definition) is 3. The quantitative estimate of drug-likeness (QED) is 0.645. The molecule has 0 aliphatic heterocycles. The molecule has 0 radical (unpaired) electrons. The zero-order valence-electron chi connectivity index (χ0n) is 13.6. The number of nitrogen functional groups attached to an aromatic ring is 1. The van der Waals surface area contributed by atoms with E-state index in [2.05, 4.69) is 10.4 Å². The maximum atomic E-state index is 11.5. The Bertz CT molecular complexity index is 486. The molecular formula is C14H27N5O2. The molecule has 0 spiro atoms. The van der Waals surface area contributed by atoms with Crippen LogP contribution in [0.15, 0.2) is 0 Å². The Hall–Kier alpha value is -1.60. The summed E-state index contributed by atoms with van der Waals surface area (Å²) >= 11 is 0. The van der Waals surface area contributed by atoms with Crippen molar-refractivity contribution in [2.24, 2.45) is 5.92 Å². The van der Waals surface area contributed by atoms with Gasteiger partial charge in [-0.3, -0.25) is 9.48 Å². The van der Waals surface area contributed by atoms with Gasteiger partial charge in [0.1, 0.15) is 0 Å². The summed E-state index contributed by atoms with van der Waals surface area (Å²) in [6.07, 6.45) is -0.565. The molecule has 1 aromatic rings. The van der Waals surface area contributed by atoms with Crippen LogP contribution >= 0.6 is 0 Å². The lowest BCUT2D eigenvalue weighted by molar-refractivity contribution is -0.124. The van der Waals surface area contributed by atoms with E-state index in [4.69, 9.17) is 5.73 Å². The van der Waals surface area contributed by atoms with Crippen LogP contribution in [-0.2, 0) is 11.3 Å². The number of likely N-dealkylation sites (N-methyl/N-ethyl adjacent to an activating group) is 1. The molecule has 0 aliphatic carbocycles. The Balaban J connectivity index is 2.51. The summed E-state index contributed by atoms with van der Waals surface area (Å²) in [5.74, 6) is -0.112. The van der Waals surface area contributed by atoms with Crippen LogP contribution in [0.2, 0.25) is 0 Å². The highest BCUT2D eigenvalue weighted by Crippen LogP contribution is 2.15. The van der Waals surface area contributed by atoms with E-state index in [1.165, 1.54) is 0 Å². The van der Waals surface area contributed by atoms with Crippen molar-refractivity contribution >= 4 is 11.6 Å². The monoisotopic (exact) mass is 297 g/mol. The maximum Gasteiger partial charge on any atom is 0.223 e. The van der Waals surface area contributed by atoms with Gasteiger partial charge in [0, 0.05) is 26.1 Å². The zero-order valence-corrected chi connectivity index (χ0v) is 13.6. The first kappa shape index (κ1) is 17.5. The smallest absolute Gasteiger partial charge is 0.223 e. The Morgan fingerprint density at radius 2 is 2.10 bits per heavy atom. The van der Waals surface area contributed by atoms with Gasteiger partial charge < -0.3 is 21.1 Å². The van der Waals surface area contributed by atoms with Gasteiger partial charge in [-0.2, -0.15) is 5.10 Å². The lowest BCUT2D eigenvalue weighted by atomic mass is 10.1. The standard InChI is InChI=1S/C14H27N5O2/c1-9(14(21)16-4)6-18(5)7-12(20)8-19-11(3)13(15)10(2)17-19/h9,12,20H,6-8,15H2,1-5H3,(H,16,21). The van der Waals surface area contributed by atoms with Crippen molar-refractivity contribution < 1.29 is 9.90 Å². The van der Waals surface area contributed by atoms with E-state index in [9.17, 15) is 9.90 Å². The van der Waals surface area contributed by atoms with Gasteiger partial charge in [0.15, 0.2) is 0 Å². The number of aliphatic hydroxyl groups excluding tert-OH is 1. The van der Waals surface area contributed by atoms with Crippen molar-refractivity contribution in [3.63, 3.8) is 0 Å². The van der Waals surface area contributed by atoms with Crippen molar-refractivity contribution in [1.29, 1.82) is 0 Å². The third kappa shape index (κ3) is 4.71. The van der Waals surface area contributed by atoms with Gasteiger partial charge in [0.05, 0.1) is 29.7 Å². The molecule has 0 saturated heterocycles. The highest BCUT2D eigenvalue weighted by atomic mass is 16.3. The Labute approximate surface area is 126 Å². The van der Waals surface area contributed by atoms with Crippen LogP contribution in [-0.4, -0.2) is 59.0 Å². The number of carbonyl (C=O) groups excluding carboxylic acids is 1. The molecule has 0 saturated carbocycles. The third-order valence-corrected chi connectivity index (χ3v) is 3.62. The largest absolute Gasteiger partial charge is 0.396 e. The summed E-state index contributed by atoms with van der Waals surface area (Å²) in [7, 11) is 3.51. The average Bonchev–Trinajstić information content (AvgIpc) is 2.64. The number of rotatable bonds is 7. The van der Waals surface area contributed by atoms with Crippen LogP contribution in [0.3, 0.4) is 0 Å². The number of aliphatic hydroxyl groups is 1. The summed E-state index contributed by atoms with van der Waals surface area (Å²) < 4.78 is 1.73. The normalized spacial score (nSPS) is 14.2. The number of anilines is 1. The summed E-state index contributed by atoms with van der Waals surface area (Å²) in [4.78, 5) is 13.4. The Morgan fingerprint density at radius 3 is 2.57 bits per heavy atom. The van der Waals surface area contributed by atoms with Crippen LogP contribution < -0.4 is 11.1 Å². The van der Waals surface area contributed by atoms with Crippen LogP contribution in [0.4, 0.5) is 5.69 Å². The zero-order chi connectivity index (χ0) is 16.2. The molecule has 4 N–H and O–H groups in total. The number of nitrogens with one attached hydrogen (secondary N) is 1. The van der Waals surface area contributed by atoms with E-state index in [1.807, 2.05) is 32.7 Å². The highest BCUT2D eigenvalue weighted by Gasteiger charge is 2.17. The fraction of sp³-hybridized carbons (Fsp3) is 0.714. The topological polar surface area (TPSA) is 96.4 Å². The second-order valence-corrected chi connectivity index (χ2v) is 5.66. The molecule has 2 atom stereocenters. The molecule has 0 bridgehead atoms. The van der Waals surface area contributed by atoms with Gasteiger partial charge in [-0.05, 0) is 20.9 Å². The SMILES string of the molecule is CNC(=O)C(C)CN(C)CC(O)Cn1nc(C)c(N)c1C. The molecular weight excluding hydrogens is 270 g/mol. The molecule has 1 rings (SSSR count). The predicted octanol–water partition coefficient (Wildman–Crippen LogP) is -0.243. The van der Waals surface area contributed by atoms with Crippen LogP contribution in [0, 0.1) is 19.8 Å². The highest BCUT2D eigenvalue weighted by molar-refractivity contribution is 5.78. The molecule has 21 heavy (non-hydrogen) atoms. The number of aryl methyl sites for hydroxylation is 1. The Morgan fingerprint density at radius 1 is 1.48 bits per heavy atom. The van der Waals surface area contributed by atoms with Crippen molar-refractivity contribution in [3.8, 4) is 0 Å². The van der Waals surface area contributed by atoms with Gasteiger partial charge in [-0.1, -0.05) is 6.92 Å². The van der Waals surface area contributed by atoms with Crippen LogP contribution in [0.1, 0.15) is 18.3 Å². The van der Waals surface area contributed by atoms with E-state index in [0.29, 0.717) is 25.3 Å². The fourth-order valence-electron chi connectivity index (χ4n) is 2.38. The minimum absolute atomic E-state index is 0.00246. The van der Waals surface area contributed by atoms with Gasteiger partial charge in [-0.15, -0.1) is 0 Å². The molecule has 1 aromatic heterocycles. The third-order valence-electron chi connectivity index (χ3n) is 3.62. The summed E-state index contributed by atoms with van der Waals surface area (Å²) in [5, 5.41) is 17.1. The molecule has 7 heteroatoms. The summed E-state index contributed by atoms with van der Waals surface area (Å²) in [6, 6.07) is 0. The first-order valence-electron chi connectivity index (χ1n) is 7.13. The molecule has 0 aromatic carbocycles. The predicted molar refractivity (Wildman–Crippen MR) is 82.8 cm³/mol. The number of amides is 1. The van der Waals surface area contributed by atoms with Gasteiger partial charge >= 0.3 is 0 Å². The lowest BCUT2D eigenvalue weighted by Gasteiger charge is -2.23. The molecule has 1 heterocycles. The minimum Gasteiger partial charge on any atom is -0.396 e. The Kier molecular flexibility index (Phi) is 6.17. The maximum absolute atomic E-state index is 11.5. The second kappa shape index (κ2) is 7.42. The van der Waals surface area contributed by atoms with Crippen molar-refractivity contribution in [2.45, 2.75) is 33.4 Å². The molecule has 0 aliphatic rings. The van der Waals surface area contributed by atoms with Crippen LogP contribution in [0.25, 0.3) is 0 Å². The van der Waals surface area contributed by atoms with Crippen molar-refractivity contribution in [2.75, 3.05) is 32.9 Å². The first-order chi connectivity index (χ1) is 9.76. The number of carbonyl (C=O) groups is 1. The first-order valence-corrected chi connectivity index (χ1v) is 7.13. The average molecular weight is 297 g/mol. The van der Waals surface area contributed by atoms with Crippen LogP contribution in [0.5, 0.6) is 0 Å². The fourth-order valence-corrected chi connectivity index (χ4v) is 2.38. The molecule has 2 unspecified atom stereocenters. The van der Waals surface area contributed by atoms with Gasteiger partial charge in [-0.25, -0.2) is 0 Å². The van der Waals surface area contributed by atoms with Crippen molar-refractivity contribution in [1.82, 2.24) is 20.0 Å². The number of hydrogen-bond acceptors (Lipinski definition) is 5. The lowest BCUT2D eigenvalue weighted by Crippen LogP contribution is -2.39. The molecule has 7 nitrogen and oxygen atoms in total. The van der Waals surface area contributed by atoms with Gasteiger partial charge in [0.2, 0.25) is 5.91 Å². The van der Waals surface area contributed by atoms with E-state index in [0.717, 1.165) is 11.4 Å². The number of aromatic nitrogens is 2. The van der Waals surface area contributed by atoms with E-state index in [1.54, 1.807) is 11.7 Å². The van der Waals surface area contributed by atoms with E-state index >= 15 is 0 Å². The van der Waals surface area contributed by atoms with E-state index in [-0.39, 0.29) is 11.8 Å². The minimum atomic E-state index is -0.565. The number of nitrogens with two attached hydrogens (primary N) is 1. The molecule has 0 fully saturated rings. The molecule has 1 amide bonds. The number of nitrogens with zero attached hydrogens (tertiary/aromatic N) is 3. The van der Waals surface area contributed by atoms with E-state index < -0.39 is 6.10 Å². The van der Waals surface area contributed by atoms with Gasteiger partial charge in [0.25, 0.3) is 0 Å². The van der Waals surface area contributed by atoms with Crippen molar-refractivity contribution in [3.05, 3.63) is 11.4 Å². The summed E-state index contributed by atoms with van der Waals surface area (Å²) in [6.45, 7) is 7.06. The molecule has 120 valence electrons. The summed E-state index contributed by atoms with van der Waals surface area (Å²) in [5.41, 5.74) is 8.19.